The third kappa shape index (κ3) is 8.19. The van der Waals surface area contributed by atoms with Crippen LogP contribution in [0.2, 0.25) is 0 Å². The molecule has 5 heteroatoms. The average Bonchev–Trinajstić information content (AvgIpc) is 2.61. The minimum Gasteiger partial charge on any atom is -0.494 e. The molecule has 0 spiro atoms. The summed E-state index contributed by atoms with van der Waals surface area (Å²) in [6.07, 6.45) is 2.42. The van der Waals surface area contributed by atoms with Gasteiger partial charge >= 0.3 is 11.9 Å². The lowest BCUT2D eigenvalue weighted by Crippen LogP contribution is -2.21. The molecule has 1 aromatic rings. The van der Waals surface area contributed by atoms with Crippen molar-refractivity contribution in [1.29, 1.82) is 0 Å². The largest absolute Gasteiger partial charge is 0.494 e. The highest BCUT2D eigenvalue weighted by Crippen LogP contribution is 2.16. The fourth-order valence-corrected chi connectivity index (χ4v) is 1.89. The van der Waals surface area contributed by atoms with E-state index in [1.54, 1.807) is 24.3 Å². The van der Waals surface area contributed by atoms with Crippen LogP contribution in [0.25, 0.3) is 6.08 Å². The number of hydrogen-bond donors (Lipinski definition) is 0. The van der Waals surface area contributed by atoms with Crippen LogP contribution in [0.5, 0.6) is 5.75 Å². The number of hydrogen-bond acceptors (Lipinski definition) is 5. The zero-order chi connectivity index (χ0) is 19.5. The molecule has 0 unspecified atom stereocenters. The monoisotopic (exact) mass is 362 g/mol. The van der Waals surface area contributed by atoms with Crippen LogP contribution in [0.1, 0.15) is 46.6 Å². The van der Waals surface area contributed by atoms with E-state index in [9.17, 15) is 9.59 Å². The van der Waals surface area contributed by atoms with Gasteiger partial charge in [-0.3, -0.25) is 0 Å². The Morgan fingerprint density at radius 2 is 1.42 bits per heavy atom. The van der Waals surface area contributed by atoms with Crippen LogP contribution in [0, 0.1) is 11.8 Å². The first kappa shape index (κ1) is 21.7. The van der Waals surface area contributed by atoms with Crippen LogP contribution in [0.15, 0.2) is 29.8 Å². The quantitative estimate of drug-likeness (QED) is 0.269. The molecule has 0 aliphatic rings. The first-order valence-electron chi connectivity index (χ1n) is 9.12. The second kappa shape index (κ2) is 11.3. The van der Waals surface area contributed by atoms with Crippen LogP contribution in [0.4, 0.5) is 0 Å². The molecule has 0 aliphatic carbocycles. The summed E-state index contributed by atoms with van der Waals surface area (Å²) >= 11 is 0. The van der Waals surface area contributed by atoms with Gasteiger partial charge in [-0.25, -0.2) is 9.59 Å². The van der Waals surface area contributed by atoms with E-state index in [4.69, 9.17) is 14.2 Å². The minimum atomic E-state index is -0.668. The highest BCUT2D eigenvalue weighted by Gasteiger charge is 2.22. The summed E-state index contributed by atoms with van der Waals surface area (Å²) in [5.74, 6) is -0.225. The Balaban J connectivity index is 2.95. The molecule has 0 N–H and O–H groups in total. The zero-order valence-electron chi connectivity index (χ0n) is 16.4. The number of ether oxygens (including phenoxy) is 3. The molecule has 26 heavy (non-hydrogen) atoms. The van der Waals surface area contributed by atoms with Gasteiger partial charge in [-0.05, 0) is 42.0 Å². The number of rotatable bonds is 10. The molecule has 0 radical (unpaired) electrons. The fourth-order valence-electron chi connectivity index (χ4n) is 1.89. The smallest absolute Gasteiger partial charge is 0.345 e. The average molecular weight is 362 g/mol. The number of carbonyl (C=O) groups excluding carboxylic acids is 2. The third-order valence-electron chi connectivity index (χ3n) is 3.20. The maximum atomic E-state index is 12.3. The Bertz CT molecular complexity index is 573. The van der Waals surface area contributed by atoms with E-state index in [0.29, 0.717) is 12.2 Å². The lowest BCUT2D eigenvalue weighted by atomic mass is 10.1. The Morgan fingerprint density at radius 1 is 0.923 bits per heavy atom. The van der Waals surface area contributed by atoms with Gasteiger partial charge in [0.15, 0.2) is 0 Å². The van der Waals surface area contributed by atoms with Crippen LogP contribution in [-0.2, 0) is 19.1 Å². The van der Waals surface area contributed by atoms with Crippen molar-refractivity contribution < 1.29 is 23.8 Å². The van der Waals surface area contributed by atoms with E-state index >= 15 is 0 Å². The van der Waals surface area contributed by atoms with Gasteiger partial charge < -0.3 is 14.2 Å². The molecule has 0 saturated carbocycles. The molecule has 0 atom stereocenters. The highest BCUT2D eigenvalue weighted by atomic mass is 16.6. The van der Waals surface area contributed by atoms with E-state index in [1.165, 1.54) is 6.08 Å². The lowest BCUT2D eigenvalue weighted by molar-refractivity contribution is -0.148. The summed E-state index contributed by atoms with van der Waals surface area (Å²) in [4.78, 5) is 24.7. The van der Waals surface area contributed by atoms with Crippen molar-refractivity contribution in [2.24, 2.45) is 11.8 Å². The highest BCUT2D eigenvalue weighted by molar-refractivity contribution is 6.17. The van der Waals surface area contributed by atoms with Gasteiger partial charge in [-0.1, -0.05) is 46.8 Å². The SMILES string of the molecule is CCCOc1ccc(C=C(C(=O)OCC(C)C)C(=O)OCC(C)C)cc1. The van der Waals surface area contributed by atoms with Crippen molar-refractivity contribution in [3.63, 3.8) is 0 Å². The molecule has 1 rings (SSSR count). The summed E-state index contributed by atoms with van der Waals surface area (Å²) in [6.45, 7) is 10.9. The van der Waals surface area contributed by atoms with Crippen molar-refractivity contribution in [2.75, 3.05) is 19.8 Å². The van der Waals surface area contributed by atoms with Gasteiger partial charge in [0.25, 0.3) is 0 Å². The van der Waals surface area contributed by atoms with Gasteiger partial charge in [0, 0.05) is 0 Å². The topological polar surface area (TPSA) is 61.8 Å². The molecule has 0 fully saturated rings. The summed E-state index contributed by atoms with van der Waals surface area (Å²) < 4.78 is 16.0. The molecule has 0 aromatic heterocycles. The summed E-state index contributed by atoms with van der Waals surface area (Å²) in [5.41, 5.74) is 0.598. The molecular formula is C21H30O5. The van der Waals surface area contributed by atoms with E-state index in [2.05, 4.69) is 0 Å². The van der Waals surface area contributed by atoms with Gasteiger partial charge in [-0.2, -0.15) is 0 Å². The Labute approximate surface area is 156 Å². The van der Waals surface area contributed by atoms with Crippen molar-refractivity contribution in [1.82, 2.24) is 0 Å². The van der Waals surface area contributed by atoms with E-state index < -0.39 is 11.9 Å². The van der Waals surface area contributed by atoms with Crippen molar-refractivity contribution in [2.45, 2.75) is 41.0 Å². The van der Waals surface area contributed by atoms with Crippen molar-refractivity contribution >= 4 is 18.0 Å². The van der Waals surface area contributed by atoms with Gasteiger partial charge in [-0.15, -0.1) is 0 Å². The maximum absolute atomic E-state index is 12.3. The number of benzene rings is 1. The van der Waals surface area contributed by atoms with Crippen molar-refractivity contribution in [3.8, 4) is 5.75 Å². The normalized spacial score (nSPS) is 10.6. The van der Waals surface area contributed by atoms with Crippen LogP contribution >= 0.6 is 0 Å². The molecular weight excluding hydrogens is 332 g/mol. The van der Waals surface area contributed by atoms with Crippen LogP contribution in [-0.4, -0.2) is 31.8 Å². The second-order valence-corrected chi connectivity index (χ2v) is 6.96. The number of carbonyl (C=O) groups is 2. The number of esters is 2. The predicted octanol–water partition coefficient (Wildman–Crippen LogP) is 4.26. The molecule has 0 aliphatic heterocycles. The van der Waals surface area contributed by atoms with Gasteiger partial charge in [0.2, 0.25) is 0 Å². The first-order chi connectivity index (χ1) is 12.3. The van der Waals surface area contributed by atoms with Crippen molar-refractivity contribution in [3.05, 3.63) is 35.4 Å². The standard InChI is InChI=1S/C21H30O5/c1-6-11-24-18-9-7-17(8-10-18)12-19(20(22)25-13-15(2)3)21(23)26-14-16(4)5/h7-10,12,15-16H,6,11,13-14H2,1-5H3. The van der Waals surface area contributed by atoms with Crippen LogP contribution < -0.4 is 4.74 Å². The zero-order valence-corrected chi connectivity index (χ0v) is 16.4. The molecule has 0 saturated heterocycles. The lowest BCUT2D eigenvalue weighted by Gasteiger charge is -2.11. The molecule has 0 amide bonds. The molecule has 0 heterocycles. The summed E-state index contributed by atoms with van der Waals surface area (Å²) in [5, 5.41) is 0. The van der Waals surface area contributed by atoms with Gasteiger partial charge in [0.05, 0.1) is 19.8 Å². The Hall–Kier alpha value is -2.30. The molecule has 5 nitrogen and oxygen atoms in total. The van der Waals surface area contributed by atoms with E-state index in [0.717, 1.165) is 12.2 Å². The Morgan fingerprint density at radius 3 is 1.85 bits per heavy atom. The minimum absolute atomic E-state index is 0.103. The summed E-state index contributed by atoms with van der Waals surface area (Å²) in [7, 11) is 0. The molecule has 0 bridgehead atoms. The third-order valence-corrected chi connectivity index (χ3v) is 3.20. The van der Waals surface area contributed by atoms with Gasteiger partial charge in [0.1, 0.15) is 11.3 Å². The second-order valence-electron chi connectivity index (χ2n) is 6.96. The summed E-state index contributed by atoms with van der Waals surface area (Å²) in [6, 6.07) is 7.18. The first-order valence-corrected chi connectivity index (χ1v) is 9.12. The fraction of sp³-hybridized carbons (Fsp3) is 0.524. The predicted molar refractivity (Wildman–Crippen MR) is 102 cm³/mol. The molecule has 1 aromatic carbocycles. The Kier molecular flexibility index (Phi) is 9.48. The molecule has 144 valence electrons. The van der Waals surface area contributed by atoms with E-state index in [-0.39, 0.29) is 30.6 Å². The van der Waals surface area contributed by atoms with E-state index in [1.807, 2.05) is 34.6 Å². The van der Waals surface area contributed by atoms with Crippen LogP contribution in [0.3, 0.4) is 0 Å². The maximum Gasteiger partial charge on any atom is 0.345 e.